The summed E-state index contributed by atoms with van der Waals surface area (Å²) < 4.78 is 5.80. The maximum atomic E-state index is 6.32. The van der Waals surface area contributed by atoms with Gasteiger partial charge in [0.1, 0.15) is 5.75 Å². The molecule has 0 saturated carbocycles. The summed E-state index contributed by atoms with van der Waals surface area (Å²) in [7, 11) is 4.25. The Morgan fingerprint density at radius 1 is 1.40 bits per heavy atom. The maximum Gasteiger partial charge on any atom is 0.144 e. The van der Waals surface area contributed by atoms with Gasteiger partial charge in [-0.3, -0.25) is 0 Å². The highest BCUT2D eigenvalue weighted by molar-refractivity contribution is 5.74. The summed E-state index contributed by atoms with van der Waals surface area (Å²) in [6.45, 7) is 6.19. The van der Waals surface area contributed by atoms with Crippen LogP contribution >= 0.6 is 0 Å². The van der Waals surface area contributed by atoms with Gasteiger partial charge in [0, 0.05) is 19.1 Å². The van der Waals surface area contributed by atoms with Gasteiger partial charge in [0.15, 0.2) is 0 Å². The number of para-hydroxylation sites is 1. The predicted molar refractivity (Wildman–Crippen MR) is 85.5 cm³/mol. The molecule has 20 heavy (non-hydrogen) atoms. The van der Waals surface area contributed by atoms with Crippen LogP contribution in [0.5, 0.6) is 5.75 Å². The Bertz CT molecular complexity index is 445. The third kappa shape index (κ3) is 3.37. The van der Waals surface area contributed by atoms with Gasteiger partial charge in [-0.1, -0.05) is 6.07 Å². The van der Waals surface area contributed by atoms with Gasteiger partial charge in [-0.2, -0.15) is 0 Å². The van der Waals surface area contributed by atoms with E-state index in [9.17, 15) is 0 Å². The molecule has 0 aromatic heterocycles. The molecule has 4 nitrogen and oxygen atoms in total. The van der Waals surface area contributed by atoms with Crippen molar-refractivity contribution in [2.24, 2.45) is 0 Å². The minimum atomic E-state index is 0.142. The molecule has 0 amide bonds. The highest BCUT2D eigenvalue weighted by atomic mass is 16.5. The molecule has 1 fully saturated rings. The lowest BCUT2D eigenvalue weighted by molar-refractivity contribution is 0.244. The molecule has 0 radical (unpaired) electrons. The number of benzene rings is 1. The van der Waals surface area contributed by atoms with E-state index in [0.29, 0.717) is 6.04 Å². The zero-order valence-corrected chi connectivity index (χ0v) is 13.1. The van der Waals surface area contributed by atoms with Crippen LogP contribution in [0.1, 0.15) is 26.7 Å². The number of nitrogens with zero attached hydrogens (tertiary/aromatic N) is 2. The molecule has 1 atom stereocenters. The monoisotopic (exact) mass is 277 g/mol. The zero-order valence-electron chi connectivity index (χ0n) is 13.1. The Morgan fingerprint density at radius 2 is 2.15 bits per heavy atom. The van der Waals surface area contributed by atoms with E-state index in [0.717, 1.165) is 30.2 Å². The van der Waals surface area contributed by atoms with Crippen molar-refractivity contribution in [3.63, 3.8) is 0 Å². The highest BCUT2D eigenvalue weighted by Crippen LogP contribution is 2.36. The Hall–Kier alpha value is -1.42. The normalized spacial score (nSPS) is 19.1. The van der Waals surface area contributed by atoms with E-state index in [1.54, 1.807) is 0 Å². The maximum absolute atomic E-state index is 6.32. The van der Waals surface area contributed by atoms with Crippen LogP contribution in [-0.2, 0) is 0 Å². The fourth-order valence-corrected chi connectivity index (χ4v) is 2.90. The van der Waals surface area contributed by atoms with Crippen LogP contribution in [0.25, 0.3) is 0 Å². The number of hydrogen-bond donors (Lipinski definition) is 1. The van der Waals surface area contributed by atoms with Crippen molar-refractivity contribution in [3.8, 4) is 5.75 Å². The number of nitrogens with two attached hydrogens (primary N) is 1. The Morgan fingerprint density at radius 3 is 2.80 bits per heavy atom. The van der Waals surface area contributed by atoms with Crippen molar-refractivity contribution in [3.05, 3.63) is 18.2 Å². The highest BCUT2D eigenvalue weighted by Gasteiger charge is 2.27. The molecule has 1 aliphatic rings. The van der Waals surface area contributed by atoms with Crippen molar-refractivity contribution in [2.75, 3.05) is 37.8 Å². The number of likely N-dealkylation sites (N-methyl/N-ethyl adjacent to an activating group) is 1. The largest absolute Gasteiger partial charge is 0.489 e. The van der Waals surface area contributed by atoms with Gasteiger partial charge < -0.3 is 20.3 Å². The first-order valence-corrected chi connectivity index (χ1v) is 7.45. The first kappa shape index (κ1) is 15.0. The summed E-state index contributed by atoms with van der Waals surface area (Å²) in [6, 6.07) is 6.64. The molecular weight excluding hydrogens is 250 g/mol. The molecule has 1 aromatic carbocycles. The summed E-state index contributed by atoms with van der Waals surface area (Å²) in [5.74, 6) is 0.799. The number of hydrogen-bond acceptors (Lipinski definition) is 4. The second-order valence-electron chi connectivity index (χ2n) is 6.11. The van der Waals surface area contributed by atoms with Gasteiger partial charge in [0.2, 0.25) is 0 Å². The van der Waals surface area contributed by atoms with E-state index in [1.807, 2.05) is 26.0 Å². The second-order valence-corrected chi connectivity index (χ2v) is 6.11. The first-order chi connectivity index (χ1) is 9.49. The summed E-state index contributed by atoms with van der Waals surface area (Å²) in [5, 5.41) is 0. The standard InChI is InChI=1S/C16H27N3O/c1-12(2)20-15-9-5-8-14(16(15)17)19-10-6-7-13(19)11-18(3)4/h5,8-9,12-13H,6-7,10-11,17H2,1-4H3. The van der Waals surface area contributed by atoms with Crippen molar-refractivity contribution in [2.45, 2.75) is 38.8 Å². The predicted octanol–water partition coefficient (Wildman–Crippen LogP) is 2.59. The summed E-state index contributed by atoms with van der Waals surface area (Å²) in [4.78, 5) is 4.68. The van der Waals surface area contributed by atoms with Crippen molar-refractivity contribution in [1.82, 2.24) is 4.90 Å². The van der Waals surface area contributed by atoms with E-state index in [-0.39, 0.29) is 6.10 Å². The molecule has 0 bridgehead atoms. The van der Waals surface area contributed by atoms with Crippen LogP contribution in [0.4, 0.5) is 11.4 Å². The molecule has 1 aromatic rings. The average molecular weight is 277 g/mol. The van der Waals surface area contributed by atoms with Crippen LogP contribution in [0, 0.1) is 0 Å². The average Bonchev–Trinajstić information content (AvgIpc) is 2.78. The fourth-order valence-electron chi connectivity index (χ4n) is 2.90. The molecule has 1 unspecified atom stereocenters. The third-order valence-electron chi connectivity index (χ3n) is 3.67. The topological polar surface area (TPSA) is 41.7 Å². The molecule has 1 heterocycles. The van der Waals surface area contributed by atoms with Crippen molar-refractivity contribution in [1.29, 1.82) is 0 Å². The lowest BCUT2D eigenvalue weighted by Crippen LogP contribution is -2.37. The van der Waals surface area contributed by atoms with Gasteiger partial charge in [-0.25, -0.2) is 0 Å². The lowest BCUT2D eigenvalue weighted by Gasteiger charge is -2.30. The zero-order chi connectivity index (χ0) is 14.7. The summed E-state index contributed by atoms with van der Waals surface area (Å²) >= 11 is 0. The molecular formula is C16H27N3O. The van der Waals surface area contributed by atoms with Crippen LogP contribution < -0.4 is 15.4 Å². The molecule has 0 aliphatic carbocycles. The fraction of sp³-hybridized carbons (Fsp3) is 0.625. The first-order valence-electron chi connectivity index (χ1n) is 7.45. The molecule has 112 valence electrons. The minimum absolute atomic E-state index is 0.142. The number of ether oxygens (including phenoxy) is 1. The van der Waals surface area contributed by atoms with E-state index in [4.69, 9.17) is 10.5 Å². The quantitative estimate of drug-likeness (QED) is 0.840. The Kier molecular flexibility index (Phi) is 4.76. The molecule has 1 aliphatic heterocycles. The van der Waals surface area contributed by atoms with Crippen molar-refractivity contribution >= 4 is 11.4 Å². The molecule has 4 heteroatoms. The Balaban J connectivity index is 2.23. The van der Waals surface area contributed by atoms with Gasteiger partial charge in [-0.15, -0.1) is 0 Å². The van der Waals surface area contributed by atoms with Crippen LogP contribution in [-0.4, -0.2) is 44.2 Å². The van der Waals surface area contributed by atoms with Gasteiger partial charge in [0.05, 0.1) is 17.5 Å². The van der Waals surface area contributed by atoms with E-state index in [2.05, 4.69) is 30.0 Å². The second kappa shape index (κ2) is 6.35. The SMILES string of the molecule is CC(C)Oc1cccc(N2CCCC2CN(C)C)c1N. The number of nitrogen functional groups attached to an aromatic ring is 1. The lowest BCUT2D eigenvalue weighted by atomic mass is 10.1. The van der Waals surface area contributed by atoms with Crippen LogP contribution in [0.3, 0.4) is 0 Å². The van der Waals surface area contributed by atoms with Gasteiger partial charge >= 0.3 is 0 Å². The smallest absolute Gasteiger partial charge is 0.144 e. The summed E-state index contributed by atoms with van der Waals surface area (Å²) in [6.07, 6.45) is 2.60. The van der Waals surface area contributed by atoms with E-state index >= 15 is 0 Å². The Labute approximate surface area is 122 Å². The minimum Gasteiger partial charge on any atom is -0.489 e. The molecule has 1 saturated heterocycles. The van der Waals surface area contributed by atoms with Crippen LogP contribution in [0.15, 0.2) is 18.2 Å². The number of anilines is 2. The summed E-state index contributed by atoms with van der Waals surface area (Å²) in [5.41, 5.74) is 8.21. The van der Waals surface area contributed by atoms with Gasteiger partial charge in [-0.05, 0) is 52.9 Å². The van der Waals surface area contributed by atoms with Crippen molar-refractivity contribution < 1.29 is 4.74 Å². The van der Waals surface area contributed by atoms with Gasteiger partial charge in [0.25, 0.3) is 0 Å². The third-order valence-corrected chi connectivity index (χ3v) is 3.67. The van der Waals surface area contributed by atoms with E-state index < -0.39 is 0 Å². The van der Waals surface area contributed by atoms with Crippen LogP contribution in [0.2, 0.25) is 0 Å². The number of rotatable bonds is 5. The molecule has 2 rings (SSSR count). The molecule has 0 spiro atoms. The molecule has 2 N–H and O–H groups in total. The van der Waals surface area contributed by atoms with E-state index in [1.165, 1.54) is 12.8 Å².